The van der Waals surface area contributed by atoms with Gasteiger partial charge in [-0.1, -0.05) is 26.2 Å². The van der Waals surface area contributed by atoms with Crippen molar-refractivity contribution in [1.82, 2.24) is 16.0 Å². The Morgan fingerprint density at radius 3 is 1.97 bits per heavy atom. The molecule has 0 aliphatic carbocycles. The molecule has 206 valence electrons. The second-order valence-corrected chi connectivity index (χ2v) is 8.45. The van der Waals surface area contributed by atoms with E-state index in [9.17, 15) is 33.9 Å². The molecule has 0 aliphatic heterocycles. The number of amides is 3. The fourth-order valence-electron chi connectivity index (χ4n) is 3.06. The summed E-state index contributed by atoms with van der Waals surface area (Å²) in [6, 6.07) is -5.33. The Hall–Kier alpha value is -3.42. The molecular weight excluding hydrogens is 480 g/mol. The van der Waals surface area contributed by atoms with Crippen molar-refractivity contribution >= 4 is 35.8 Å². The Labute approximate surface area is 209 Å². The van der Waals surface area contributed by atoms with Crippen LogP contribution in [0.15, 0.2) is 0 Å². The molecule has 0 aromatic heterocycles. The molecule has 8 N–H and O–H groups in total. The van der Waals surface area contributed by atoms with E-state index in [-0.39, 0.29) is 25.7 Å². The van der Waals surface area contributed by atoms with Crippen molar-refractivity contribution in [2.75, 3.05) is 0 Å². The van der Waals surface area contributed by atoms with E-state index in [2.05, 4.69) is 16.0 Å². The highest BCUT2D eigenvalue weighted by Crippen LogP contribution is 2.08. The third-order valence-corrected chi connectivity index (χ3v) is 5.27. The lowest BCUT2D eigenvalue weighted by molar-refractivity contribution is -0.145. The van der Waals surface area contributed by atoms with Crippen LogP contribution in [0, 0.1) is 0 Å². The van der Waals surface area contributed by atoms with E-state index in [0.29, 0.717) is 6.42 Å². The Bertz CT molecular complexity index is 776. The predicted octanol–water partition coefficient (Wildman–Crippen LogP) is 0.181. The van der Waals surface area contributed by atoms with Gasteiger partial charge in [0.1, 0.15) is 24.2 Å². The molecule has 0 heterocycles. The zero-order valence-corrected chi connectivity index (χ0v) is 20.8. The smallest absolute Gasteiger partial charge is 0.408 e. The van der Waals surface area contributed by atoms with E-state index >= 15 is 0 Å². The van der Waals surface area contributed by atoms with Gasteiger partial charge in [0.05, 0.1) is 0 Å². The van der Waals surface area contributed by atoms with Crippen LogP contribution in [0.5, 0.6) is 0 Å². The highest BCUT2D eigenvalue weighted by Gasteiger charge is 2.31. The molecule has 0 rings (SSSR count). The normalized spacial score (nSPS) is 14.9. The monoisotopic (exact) mass is 518 g/mol. The molecule has 0 aromatic rings. The van der Waals surface area contributed by atoms with Gasteiger partial charge in [-0.3, -0.25) is 19.2 Å². The SMILES string of the molecule is CCCCCCC(=O)N[C@@H](C(=O)O)[C@@H](C)OC(=O)N[C@@H](CCC[C@@H](N)C(=O)O)C(=O)N[C@H](C)C(=O)O. The first-order valence-electron chi connectivity index (χ1n) is 11.8. The molecule has 0 unspecified atom stereocenters. The Kier molecular flexibility index (Phi) is 15.5. The van der Waals surface area contributed by atoms with E-state index in [1.54, 1.807) is 0 Å². The first-order valence-corrected chi connectivity index (χ1v) is 11.8. The van der Waals surface area contributed by atoms with Crippen molar-refractivity contribution in [3.8, 4) is 0 Å². The lowest BCUT2D eigenvalue weighted by Crippen LogP contribution is -2.53. The summed E-state index contributed by atoms with van der Waals surface area (Å²) in [6.07, 6.45) is 0.903. The van der Waals surface area contributed by atoms with Crippen LogP contribution in [-0.2, 0) is 28.7 Å². The number of nitrogens with two attached hydrogens (primary N) is 1. The molecule has 0 bridgehead atoms. The first kappa shape index (κ1) is 32.6. The number of carbonyl (C=O) groups excluding carboxylic acids is 3. The summed E-state index contributed by atoms with van der Waals surface area (Å²) >= 11 is 0. The minimum absolute atomic E-state index is 0.0217. The number of carboxylic acids is 3. The van der Waals surface area contributed by atoms with Gasteiger partial charge < -0.3 is 41.7 Å². The van der Waals surface area contributed by atoms with Gasteiger partial charge in [0.25, 0.3) is 0 Å². The molecule has 0 saturated heterocycles. The predicted molar refractivity (Wildman–Crippen MR) is 126 cm³/mol. The zero-order chi connectivity index (χ0) is 27.8. The summed E-state index contributed by atoms with van der Waals surface area (Å²) in [4.78, 5) is 70.5. The van der Waals surface area contributed by atoms with E-state index < -0.39 is 66.1 Å². The van der Waals surface area contributed by atoms with Crippen LogP contribution in [0.25, 0.3) is 0 Å². The number of carboxylic acid groups (broad SMARTS) is 3. The standard InChI is InChI=1S/C22H38N4O10/c1-4-5-6-7-11-16(27)26-17(21(33)34)13(3)36-22(35)25-15(10-8-9-14(23)20(31)32)18(28)24-12(2)19(29)30/h12-15,17H,4-11,23H2,1-3H3,(H,24,28)(H,25,35)(H,26,27)(H,29,30)(H,31,32)(H,33,34)/t12-,13-,14-,15+,17-/m1/s1. The second-order valence-electron chi connectivity index (χ2n) is 8.45. The molecule has 0 aromatic carbocycles. The Balaban J connectivity index is 5.14. The van der Waals surface area contributed by atoms with E-state index in [4.69, 9.17) is 20.7 Å². The lowest BCUT2D eigenvalue weighted by Gasteiger charge is -2.24. The molecule has 0 radical (unpaired) electrons. The maximum Gasteiger partial charge on any atom is 0.408 e. The van der Waals surface area contributed by atoms with Gasteiger partial charge in [-0.25, -0.2) is 9.59 Å². The van der Waals surface area contributed by atoms with Crippen LogP contribution in [0.4, 0.5) is 4.79 Å². The average molecular weight is 519 g/mol. The van der Waals surface area contributed by atoms with Gasteiger partial charge in [-0.2, -0.15) is 0 Å². The third kappa shape index (κ3) is 13.5. The summed E-state index contributed by atoms with van der Waals surface area (Å²) in [5, 5.41) is 34.0. The molecule has 14 heteroatoms. The minimum atomic E-state index is -1.54. The topological polar surface area (TPSA) is 234 Å². The molecule has 3 amide bonds. The van der Waals surface area contributed by atoms with Crippen LogP contribution in [0.2, 0.25) is 0 Å². The summed E-state index contributed by atoms with van der Waals surface area (Å²) in [5.74, 6) is -5.37. The highest BCUT2D eigenvalue weighted by molar-refractivity contribution is 5.89. The highest BCUT2D eigenvalue weighted by atomic mass is 16.6. The van der Waals surface area contributed by atoms with Crippen molar-refractivity contribution in [2.45, 2.75) is 102 Å². The number of ether oxygens (including phenoxy) is 1. The summed E-state index contributed by atoms with van der Waals surface area (Å²) in [6.45, 7) is 4.47. The van der Waals surface area contributed by atoms with Crippen LogP contribution in [-0.4, -0.2) is 81.4 Å². The molecule has 0 fully saturated rings. The van der Waals surface area contributed by atoms with Crippen molar-refractivity contribution in [2.24, 2.45) is 5.73 Å². The second kappa shape index (κ2) is 17.1. The largest absolute Gasteiger partial charge is 0.480 e. The van der Waals surface area contributed by atoms with Crippen molar-refractivity contribution in [3.63, 3.8) is 0 Å². The summed E-state index contributed by atoms with van der Waals surface area (Å²) < 4.78 is 5.06. The van der Waals surface area contributed by atoms with Gasteiger partial charge in [0.2, 0.25) is 11.8 Å². The van der Waals surface area contributed by atoms with Crippen LogP contribution >= 0.6 is 0 Å². The van der Waals surface area contributed by atoms with Gasteiger partial charge in [0, 0.05) is 6.42 Å². The number of rotatable bonds is 18. The van der Waals surface area contributed by atoms with Crippen molar-refractivity contribution in [3.05, 3.63) is 0 Å². The van der Waals surface area contributed by atoms with Gasteiger partial charge in [0.15, 0.2) is 6.04 Å². The fraction of sp³-hybridized carbons (Fsp3) is 0.727. The molecule has 5 atom stereocenters. The molecular formula is C22H38N4O10. The van der Waals surface area contributed by atoms with Gasteiger partial charge >= 0.3 is 24.0 Å². The molecule has 0 spiro atoms. The maximum atomic E-state index is 12.5. The van der Waals surface area contributed by atoms with E-state index in [1.807, 2.05) is 6.92 Å². The zero-order valence-electron chi connectivity index (χ0n) is 20.8. The Morgan fingerprint density at radius 1 is 0.806 bits per heavy atom. The van der Waals surface area contributed by atoms with Crippen LogP contribution in [0.3, 0.4) is 0 Å². The Morgan fingerprint density at radius 2 is 1.44 bits per heavy atom. The van der Waals surface area contributed by atoms with Crippen molar-refractivity contribution in [1.29, 1.82) is 0 Å². The quantitative estimate of drug-likeness (QED) is 0.121. The summed E-state index contributed by atoms with van der Waals surface area (Å²) in [5.41, 5.74) is 5.43. The summed E-state index contributed by atoms with van der Waals surface area (Å²) in [7, 11) is 0. The first-order chi connectivity index (χ1) is 16.8. The number of aliphatic carboxylic acids is 3. The lowest BCUT2D eigenvalue weighted by atomic mass is 10.0. The third-order valence-electron chi connectivity index (χ3n) is 5.27. The number of carbonyl (C=O) groups is 6. The number of unbranched alkanes of at least 4 members (excludes halogenated alkanes) is 3. The molecule has 14 nitrogen and oxygen atoms in total. The molecule has 36 heavy (non-hydrogen) atoms. The molecule has 0 saturated carbocycles. The van der Waals surface area contributed by atoms with E-state index in [0.717, 1.165) is 19.3 Å². The number of hydrogen-bond donors (Lipinski definition) is 7. The average Bonchev–Trinajstić information content (AvgIpc) is 2.78. The number of hydrogen-bond acceptors (Lipinski definition) is 8. The number of nitrogens with one attached hydrogen (secondary N) is 3. The van der Waals surface area contributed by atoms with Gasteiger partial charge in [-0.05, 0) is 39.5 Å². The maximum absolute atomic E-state index is 12.5. The van der Waals surface area contributed by atoms with Gasteiger partial charge in [-0.15, -0.1) is 0 Å². The van der Waals surface area contributed by atoms with Crippen LogP contribution < -0.4 is 21.7 Å². The van der Waals surface area contributed by atoms with E-state index in [1.165, 1.54) is 13.8 Å². The fourth-order valence-corrected chi connectivity index (χ4v) is 3.06. The number of alkyl carbamates (subject to hydrolysis) is 1. The van der Waals surface area contributed by atoms with Crippen LogP contribution in [0.1, 0.15) is 72.1 Å². The minimum Gasteiger partial charge on any atom is -0.480 e. The molecule has 0 aliphatic rings. The van der Waals surface area contributed by atoms with Crippen molar-refractivity contribution < 1.29 is 48.8 Å².